The molecule has 0 spiro atoms. The second-order valence-corrected chi connectivity index (χ2v) is 4.81. The molecule has 1 amide bonds. The van der Waals surface area contributed by atoms with E-state index in [0.29, 0.717) is 6.42 Å². The molecule has 19 heavy (non-hydrogen) atoms. The van der Waals surface area contributed by atoms with Crippen molar-refractivity contribution in [1.29, 1.82) is 0 Å². The molecule has 1 atom stereocenters. The lowest BCUT2D eigenvalue weighted by Gasteiger charge is -2.14. The van der Waals surface area contributed by atoms with Gasteiger partial charge in [-0.25, -0.2) is 13.6 Å². The fourth-order valence-corrected chi connectivity index (χ4v) is 1.94. The number of carboxylic acids is 1. The van der Waals surface area contributed by atoms with Crippen molar-refractivity contribution in [3.63, 3.8) is 0 Å². The molecule has 1 rings (SSSR count). The van der Waals surface area contributed by atoms with Crippen molar-refractivity contribution in [1.82, 2.24) is 5.32 Å². The van der Waals surface area contributed by atoms with E-state index in [-0.39, 0.29) is 10.9 Å². The highest BCUT2D eigenvalue weighted by Crippen LogP contribution is 2.19. The van der Waals surface area contributed by atoms with Crippen LogP contribution in [0.1, 0.15) is 30.1 Å². The maximum absolute atomic E-state index is 13.5. The Bertz CT molecular complexity index is 485. The molecule has 2 N–H and O–H groups in total. The van der Waals surface area contributed by atoms with Crippen molar-refractivity contribution in [3.05, 3.63) is 33.8 Å². The minimum atomic E-state index is -1.24. The first-order valence-electron chi connectivity index (χ1n) is 5.55. The number of carbonyl (C=O) groups is 2. The van der Waals surface area contributed by atoms with E-state index in [1.54, 1.807) is 6.92 Å². The van der Waals surface area contributed by atoms with E-state index in [1.165, 1.54) is 0 Å². The second kappa shape index (κ2) is 6.60. The van der Waals surface area contributed by atoms with E-state index in [0.717, 1.165) is 12.1 Å². The topological polar surface area (TPSA) is 66.4 Å². The van der Waals surface area contributed by atoms with Crippen LogP contribution in [0.25, 0.3) is 0 Å². The summed E-state index contributed by atoms with van der Waals surface area (Å²) in [6.07, 6.45) is 0.698. The predicted octanol–water partition coefficient (Wildman–Crippen LogP) is 2.71. The number of carboxylic acid groups (broad SMARTS) is 1. The molecule has 0 bridgehead atoms. The number of carbonyl (C=O) groups excluding carboxylic acids is 1. The molecule has 0 radical (unpaired) electrons. The molecule has 0 heterocycles. The van der Waals surface area contributed by atoms with Gasteiger partial charge in [-0.3, -0.25) is 4.79 Å². The molecule has 0 saturated heterocycles. The summed E-state index contributed by atoms with van der Waals surface area (Å²) in [5.74, 6) is -4.42. The Morgan fingerprint density at radius 2 is 1.89 bits per heavy atom. The van der Waals surface area contributed by atoms with Crippen LogP contribution in [-0.2, 0) is 4.79 Å². The minimum Gasteiger partial charge on any atom is -0.480 e. The summed E-state index contributed by atoms with van der Waals surface area (Å²) >= 11 is 2.89. The van der Waals surface area contributed by atoms with Crippen LogP contribution in [-0.4, -0.2) is 23.0 Å². The minimum absolute atomic E-state index is 0.155. The van der Waals surface area contributed by atoms with Gasteiger partial charge < -0.3 is 10.4 Å². The van der Waals surface area contributed by atoms with Crippen LogP contribution in [0, 0.1) is 11.6 Å². The second-order valence-electron chi connectivity index (χ2n) is 3.90. The maximum Gasteiger partial charge on any atom is 0.326 e. The fourth-order valence-electron chi connectivity index (χ4n) is 1.54. The molecule has 0 aromatic heterocycles. The van der Waals surface area contributed by atoms with Crippen molar-refractivity contribution >= 4 is 27.8 Å². The summed E-state index contributed by atoms with van der Waals surface area (Å²) in [6, 6.07) is 0.709. The van der Waals surface area contributed by atoms with Gasteiger partial charge in [0.15, 0.2) is 0 Å². The van der Waals surface area contributed by atoms with Crippen LogP contribution in [0.2, 0.25) is 0 Å². The summed E-state index contributed by atoms with van der Waals surface area (Å²) < 4.78 is 27.2. The van der Waals surface area contributed by atoms with E-state index in [4.69, 9.17) is 5.11 Å². The molecule has 0 aliphatic heterocycles. The Morgan fingerprint density at radius 3 is 2.32 bits per heavy atom. The molecular formula is C12H12BrF2NO3. The van der Waals surface area contributed by atoms with E-state index in [2.05, 4.69) is 21.2 Å². The SMILES string of the molecule is CCCC(NC(=O)c1c(F)cc(Br)cc1F)C(=O)O. The molecule has 0 aliphatic carbocycles. The largest absolute Gasteiger partial charge is 0.480 e. The first-order valence-corrected chi connectivity index (χ1v) is 6.34. The first-order chi connectivity index (χ1) is 8.86. The van der Waals surface area contributed by atoms with Crippen molar-refractivity contribution in [2.75, 3.05) is 0 Å². The van der Waals surface area contributed by atoms with Gasteiger partial charge in [-0.1, -0.05) is 29.3 Å². The summed E-state index contributed by atoms with van der Waals surface area (Å²) in [4.78, 5) is 22.6. The van der Waals surface area contributed by atoms with Gasteiger partial charge in [-0.15, -0.1) is 0 Å². The Morgan fingerprint density at radius 1 is 1.37 bits per heavy atom. The van der Waals surface area contributed by atoms with Gasteiger partial charge >= 0.3 is 5.97 Å². The highest BCUT2D eigenvalue weighted by Gasteiger charge is 2.24. The van der Waals surface area contributed by atoms with Crippen LogP contribution in [0.15, 0.2) is 16.6 Å². The number of halogens is 3. The highest BCUT2D eigenvalue weighted by atomic mass is 79.9. The monoisotopic (exact) mass is 335 g/mol. The van der Waals surface area contributed by atoms with Crippen molar-refractivity contribution < 1.29 is 23.5 Å². The lowest BCUT2D eigenvalue weighted by Crippen LogP contribution is -2.41. The zero-order valence-electron chi connectivity index (χ0n) is 10.0. The molecular weight excluding hydrogens is 324 g/mol. The molecule has 0 fully saturated rings. The molecule has 1 aromatic rings. The third-order valence-electron chi connectivity index (χ3n) is 2.41. The molecule has 7 heteroatoms. The van der Waals surface area contributed by atoms with Gasteiger partial charge in [0.2, 0.25) is 0 Å². The number of amides is 1. The number of aliphatic carboxylic acids is 1. The summed E-state index contributed by atoms with van der Waals surface area (Å²) in [6.45, 7) is 1.74. The smallest absolute Gasteiger partial charge is 0.326 e. The third-order valence-corrected chi connectivity index (χ3v) is 2.87. The zero-order chi connectivity index (χ0) is 14.6. The van der Waals surface area contributed by atoms with E-state index in [9.17, 15) is 18.4 Å². The van der Waals surface area contributed by atoms with Crippen LogP contribution in [0.4, 0.5) is 8.78 Å². The lowest BCUT2D eigenvalue weighted by molar-refractivity contribution is -0.139. The summed E-state index contributed by atoms with van der Waals surface area (Å²) in [5, 5.41) is 11.0. The van der Waals surface area contributed by atoms with Gasteiger partial charge in [0, 0.05) is 4.47 Å². The highest BCUT2D eigenvalue weighted by molar-refractivity contribution is 9.10. The molecule has 104 valence electrons. The lowest BCUT2D eigenvalue weighted by atomic mass is 10.1. The number of hydrogen-bond acceptors (Lipinski definition) is 2. The number of rotatable bonds is 5. The average molecular weight is 336 g/mol. The molecule has 4 nitrogen and oxygen atoms in total. The third kappa shape index (κ3) is 3.99. The van der Waals surface area contributed by atoms with Crippen LogP contribution < -0.4 is 5.32 Å². The molecule has 0 saturated carbocycles. The predicted molar refractivity (Wildman–Crippen MR) is 67.9 cm³/mol. The Kier molecular flexibility index (Phi) is 5.41. The van der Waals surface area contributed by atoms with Gasteiger partial charge in [0.05, 0.1) is 0 Å². The van der Waals surface area contributed by atoms with Crippen LogP contribution in [0.3, 0.4) is 0 Å². The number of benzene rings is 1. The standard InChI is InChI=1S/C12H12BrF2NO3/c1-2-3-9(12(18)19)16-11(17)10-7(14)4-6(13)5-8(10)15/h4-5,9H,2-3H2,1H3,(H,16,17)(H,18,19). The van der Waals surface area contributed by atoms with Crippen molar-refractivity contribution in [2.24, 2.45) is 0 Å². The van der Waals surface area contributed by atoms with E-state index in [1.807, 2.05) is 0 Å². The van der Waals surface area contributed by atoms with Gasteiger partial charge in [0.1, 0.15) is 23.2 Å². The van der Waals surface area contributed by atoms with Crippen LogP contribution >= 0.6 is 15.9 Å². The summed E-state index contributed by atoms with van der Waals surface area (Å²) in [7, 11) is 0. The zero-order valence-corrected chi connectivity index (χ0v) is 11.6. The summed E-state index contributed by atoms with van der Waals surface area (Å²) in [5.41, 5.74) is -0.787. The van der Waals surface area contributed by atoms with Gasteiger partial charge in [-0.2, -0.15) is 0 Å². The normalized spacial score (nSPS) is 12.0. The molecule has 1 unspecified atom stereocenters. The first kappa shape index (κ1) is 15.6. The van der Waals surface area contributed by atoms with E-state index < -0.39 is 35.1 Å². The van der Waals surface area contributed by atoms with Crippen molar-refractivity contribution in [2.45, 2.75) is 25.8 Å². The Labute approximate surface area is 116 Å². The Hall–Kier alpha value is -1.50. The van der Waals surface area contributed by atoms with E-state index >= 15 is 0 Å². The van der Waals surface area contributed by atoms with Crippen molar-refractivity contribution in [3.8, 4) is 0 Å². The number of nitrogens with one attached hydrogen (secondary N) is 1. The van der Waals surface area contributed by atoms with Gasteiger partial charge in [0.25, 0.3) is 5.91 Å². The van der Waals surface area contributed by atoms with Crippen LogP contribution in [0.5, 0.6) is 0 Å². The molecule has 0 aliphatic rings. The number of hydrogen-bond donors (Lipinski definition) is 2. The van der Waals surface area contributed by atoms with Gasteiger partial charge in [-0.05, 0) is 18.6 Å². The fraction of sp³-hybridized carbons (Fsp3) is 0.333. The Balaban J connectivity index is 2.98. The maximum atomic E-state index is 13.5. The average Bonchev–Trinajstić information content (AvgIpc) is 2.26. The molecule has 1 aromatic carbocycles. The quantitative estimate of drug-likeness (QED) is 0.869.